The maximum absolute atomic E-state index is 12.1. The topological polar surface area (TPSA) is 94.6 Å². The van der Waals surface area contributed by atoms with Gasteiger partial charge in [0.25, 0.3) is 0 Å². The number of carbonyl (C=O) groups excluding carboxylic acids is 1. The average molecular weight is 292 g/mol. The molecule has 0 spiro atoms. The zero-order valence-corrected chi connectivity index (χ0v) is 12.3. The van der Waals surface area contributed by atoms with Crippen LogP contribution in [0.1, 0.15) is 21.6 Å². The standard InChI is InChI=1S/C14H20N4O3/c1-9-7-10(2)17-13(12(9)14(20)21)16-8-11(19)18-5-3-15-4-6-18/h7,15H,3-6,8H2,1-2H3,(H,16,17)(H,20,21). The van der Waals surface area contributed by atoms with Crippen LogP contribution >= 0.6 is 0 Å². The third-order valence-corrected chi connectivity index (χ3v) is 3.44. The minimum absolute atomic E-state index is 0.0474. The van der Waals surface area contributed by atoms with Crippen LogP contribution in [-0.2, 0) is 4.79 Å². The van der Waals surface area contributed by atoms with Gasteiger partial charge in [-0.1, -0.05) is 0 Å². The number of rotatable bonds is 4. The third kappa shape index (κ3) is 3.69. The first kappa shape index (κ1) is 15.2. The molecule has 2 rings (SSSR count). The molecule has 1 aromatic heterocycles. The summed E-state index contributed by atoms with van der Waals surface area (Å²) < 4.78 is 0. The summed E-state index contributed by atoms with van der Waals surface area (Å²) in [5, 5.41) is 15.3. The van der Waals surface area contributed by atoms with Crippen LogP contribution in [0.25, 0.3) is 0 Å². The SMILES string of the molecule is Cc1cc(C)c(C(=O)O)c(NCC(=O)N2CCNCC2)n1. The second kappa shape index (κ2) is 6.53. The molecular weight excluding hydrogens is 272 g/mol. The number of aromatic nitrogens is 1. The predicted octanol–water partition coefficient (Wildman–Crippen LogP) is 0.240. The van der Waals surface area contributed by atoms with Crippen LogP contribution < -0.4 is 10.6 Å². The van der Waals surface area contributed by atoms with E-state index in [-0.39, 0.29) is 23.8 Å². The average Bonchev–Trinajstić information content (AvgIpc) is 2.44. The van der Waals surface area contributed by atoms with E-state index in [2.05, 4.69) is 15.6 Å². The summed E-state index contributed by atoms with van der Waals surface area (Å²) in [5.74, 6) is -0.839. The summed E-state index contributed by atoms with van der Waals surface area (Å²) >= 11 is 0. The molecule has 7 nitrogen and oxygen atoms in total. The van der Waals surface area contributed by atoms with Crippen LogP contribution in [0.3, 0.4) is 0 Å². The van der Waals surface area contributed by atoms with Crippen molar-refractivity contribution in [2.45, 2.75) is 13.8 Å². The molecule has 1 amide bonds. The Morgan fingerprint density at radius 2 is 2.05 bits per heavy atom. The second-order valence-corrected chi connectivity index (χ2v) is 5.09. The molecule has 1 aliphatic rings. The fourth-order valence-corrected chi connectivity index (χ4v) is 2.42. The summed E-state index contributed by atoms with van der Waals surface area (Å²) in [6.45, 7) is 6.49. The smallest absolute Gasteiger partial charge is 0.339 e. The third-order valence-electron chi connectivity index (χ3n) is 3.44. The van der Waals surface area contributed by atoms with E-state index in [4.69, 9.17) is 0 Å². The summed E-state index contributed by atoms with van der Waals surface area (Å²) in [6.07, 6.45) is 0. The van der Waals surface area contributed by atoms with Gasteiger partial charge < -0.3 is 20.6 Å². The van der Waals surface area contributed by atoms with Crippen molar-refractivity contribution >= 4 is 17.7 Å². The normalized spacial score (nSPS) is 14.9. The molecule has 114 valence electrons. The zero-order chi connectivity index (χ0) is 15.4. The van der Waals surface area contributed by atoms with Crippen molar-refractivity contribution in [2.75, 3.05) is 38.0 Å². The van der Waals surface area contributed by atoms with Gasteiger partial charge in [-0.3, -0.25) is 4.79 Å². The Bertz CT molecular complexity index is 553. The van der Waals surface area contributed by atoms with E-state index >= 15 is 0 Å². The van der Waals surface area contributed by atoms with Gasteiger partial charge in [0.2, 0.25) is 5.91 Å². The molecule has 0 aromatic carbocycles. The molecular formula is C14H20N4O3. The molecule has 21 heavy (non-hydrogen) atoms. The highest BCUT2D eigenvalue weighted by molar-refractivity contribution is 5.95. The molecule has 0 atom stereocenters. The molecule has 0 bridgehead atoms. The molecule has 0 saturated carbocycles. The van der Waals surface area contributed by atoms with E-state index in [9.17, 15) is 14.7 Å². The number of aryl methyl sites for hydroxylation is 2. The number of anilines is 1. The minimum Gasteiger partial charge on any atom is -0.478 e. The molecule has 2 heterocycles. The van der Waals surface area contributed by atoms with Gasteiger partial charge in [-0.15, -0.1) is 0 Å². The van der Waals surface area contributed by atoms with Crippen LogP contribution in [0.2, 0.25) is 0 Å². The number of carboxylic acids is 1. The number of aromatic carboxylic acids is 1. The number of carboxylic acid groups (broad SMARTS) is 1. The molecule has 0 aliphatic carbocycles. The predicted molar refractivity (Wildman–Crippen MR) is 78.6 cm³/mol. The first-order valence-electron chi connectivity index (χ1n) is 6.93. The maximum Gasteiger partial charge on any atom is 0.339 e. The molecule has 7 heteroatoms. The quantitative estimate of drug-likeness (QED) is 0.736. The molecule has 1 fully saturated rings. The fourth-order valence-electron chi connectivity index (χ4n) is 2.42. The van der Waals surface area contributed by atoms with Crippen LogP contribution in [-0.4, -0.2) is 59.6 Å². The van der Waals surface area contributed by atoms with Crippen molar-refractivity contribution in [1.82, 2.24) is 15.2 Å². The number of nitrogens with one attached hydrogen (secondary N) is 2. The van der Waals surface area contributed by atoms with Gasteiger partial charge in [0.1, 0.15) is 11.4 Å². The molecule has 0 radical (unpaired) electrons. The molecule has 1 aromatic rings. The molecule has 0 unspecified atom stereocenters. The fraction of sp³-hybridized carbons (Fsp3) is 0.500. The number of nitrogens with zero attached hydrogens (tertiary/aromatic N) is 2. The Morgan fingerprint density at radius 1 is 1.38 bits per heavy atom. The zero-order valence-electron chi connectivity index (χ0n) is 12.3. The first-order chi connectivity index (χ1) is 9.99. The van der Waals surface area contributed by atoms with Crippen molar-refractivity contribution in [3.05, 3.63) is 22.9 Å². The van der Waals surface area contributed by atoms with E-state index in [0.717, 1.165) is 18.8 Å². The van der Waals surface area contributed by atoms with Crippen LogP contribution in [0, 0.1) is 13.8 Å². The number of pyridine rings is 1. The summed E-state index contributed by atoms with van der Waals surface area (Å²) in [4.78, 5) is 29.4. The van der Waals surface area contributed by atoms with Gasteiger partial charge in [0.05, 0.1) is 6.54 Å². The number of carbonyl (C=O) groups is 2. The highest BCUT2D eigenvalue weighted by Crippen LogP contribution is 2.18. The monoisotopic (exact) mass is 292 g/mol. The van der Waals surface area contributed by atoms with Crippen LogP contribution in [0.5, 0.6) is 0 Å². The van der Waals surface area contributed by atoms with E-state index in [1.165, 1.54) is 0 Å². The Morgan fingerprint density at radius 3 is 2.67 bits per heavy atom. The Labute approximate surface area is 123 Å². The van der Waals surface area contributed by atoms with Gasteiger partial charge in [-0.05, 0) is 25.5 Å². The molecule has 1 saturated heterocycles. The first-order valence-corrected chi connectivity index (χ1v) is 6.93. The summed E-state index contributed by atoms with van der Waals surface area (Å²) in [6, 6.07) is 1.72. The van der Waals surface area contributed by atoms with Crippen molar-refractivity contribution in [3.63, 3.8) is 0 Å². The lowest BCUT2D eigenvalue weighted by Gasteiger charge is -2.27. The minimum atomic E-state index is -1.04. The molecule has 3 N–H and O–H groups in total. The van der Waals surface area contributed by atoms with Gasteiger partial charge in [-0.25, -0.2) is 9.78 Å². The Hall–Kier alpha value is -2.15. The Kier molecular flexibility index (Phi) is 4.74. The van der Waals surface area contributed by atoms with Crippen molar-refractivity contribution in [2.24, 2.45) is 0 Å². The van der Waals surface area contributed by atoms with Crippen LogP contribution in [0.15, 0.2) is 6.07 Å². The maximum atomic E-state index is 12.1. The van der Waals surface area contributed by atoms with E-state index in [1.54, 1.807) is 24.8 Å². The lowest BCUT2D eigenvalue weighted by atomic mass is 10.1. The highest BCUT2D eigenvalue weighted by atomic mass is 16.4. The highest BCUT2D eigenvalue weighted by Gasteiger charge is 2.19. The largest absolute Gasteiger partial charge is 0.478 e. The van der Waals surface area contributed by atoms with Gasteiger partial charge in [0, 0.05) is 31.9 Å². The van der Waals surface area contributed by atoms with Gasteiger partial charge >= 0.3 is 5.97 Å². The molecule has 1 aliphatic heterocycles. The van der Waals surface area contributed by atoms with Crippen molar-refractivity contribution in [3.8, 4) is 0 Å². The number of amides is 1. The van der Waals surface area contributed by atoms with Crippen LogP contribution in [0.4, 0.5) is 5.82 Å². The van der Waals surface area contributed by atoms with E-state index in [1.807, 2.05) is 0 Å². The summed E-state index contributed by atoms with van der Waals surface area (Å²) in [7, 11) is 0. The van der Waals surface area contributed by atoms with E-state index in [0.29, 0.717) is 18.7 Å². The number of hydrogen-bond donors (Lipinski definition) is 3. The van der Waals surface area contributed by atoms with Gasteiger partial charge in [0.15, 0.2) is 0 Å². The van der Waals surface area contributed by atoms with Crippen molar-refractivity contribution in [1.29, 1.82) is 0 Å². The number of hydrogen-bond acceptors (Lipinski definition) is 5. The lowest BCUT2D eigenvalue weighted by Crippen LogP contribution is -2.48. The van der Waals surface area contributed by atoms with E-state index < -0.39 is 5.97 Å². The second-order valence-electron chi connectivity index (χ2n) is 5.09. The number of piperazine rings is 1. The summed E-state index contributed by atoms with van der Waals surface area (Å²) in [5.41, 5.74) is 1.47. The van der Waals surface area contributed by atoms with Gasteiger partial charge in [-0.2, -0.15) is 0 Å². The van der Waals surface area contributed by atoms with Crippen molar-refractivity contribution < 1.29 is 14.7 Å². The lowest BCUT2D eigenvalue weighted by molar-refractivity contribution is -0.129. The Balaban J connectivity index is 2.08.